The zero-order chi connectivity index (χ0) is 39.9. The molecule has 5 heteroatoms. The van der Waals surface area contributed by atoms with Gasteiger partial charge in [0, 0.05) is 38.6 Å². The van der Waals surface area contributed by atoms with Crippen LogP contribution in [-0.4, -0.2) is 15.0 Å². The minimum atomic E-state index is -0.658. The lowest BCUT2D eigenvalue weighted by Crippen LogP contribution is -2.00. The van der Waals surface area contributed by atoms with E-state index in [4.69, 9.17) is 41.9 Å². The molecule has 0 bridgehead atoms. The first-order valence-electron chi connectivity index (χ1n) is 19.6. The molecule has 226 valence electrons. The predicted molar refractivity (Wildman–Crippen MR) is 197 cm³/mol. The van der Waals surface area contributed by atoms with Crippen molar-refractivity contribution in [3.05, 3.63) is 163 Å². The molecule has 0 spiro atoms. The Kier molecular flexibility index (Phi) is 4.89. The highest BCUT2D eigenvalue weighted by Gasteiger charge is 2.19. The van der Waals surface area contributed by atoms with Crippen LogP contribution in [0.2, 0.25) is 5.02 Å². The molecule has 9 rings (SSSR count). The molecule has 0 N–H and O–H groups in total. The molecule has 2 heterocycles. The normalized spacial score (nSPS) is 14.1. The highest BCUT2D eigenvalue weighted by atomic mass is 35.5. The Morgan fingerprint density at radius 1 is 0.500 bits per heavy atom. The molecule has 0 fully saturated rings. The van der Waals surface area contributed by atoms with Crippen LogP contribution in [0.5, 0.6) is 0 Å². The lowest BCUT2D eigenvalue weighted by atomic mass is 9.92. The number of para-hydroxylation sites is 1. The molecule has 0 aliphatic carbocycles. The Labute approximate surface area is 294 Å². The Morgan fingerprint density at radius 2 is 1.17 bits per heavy atom. The number of furan rings is 1. The number of hydrogen-bond donors (Lipinski definition) is 0. The van der Waals surface area contributed by atoms with Gasteiger partial charge in [0.05, 0.1) is 12.3 Å². The molecule has 0 amide bonds. The number of hydrogen-bond acceptors (Lipinski definition) is 4. The van der Waals surface area contributed by atoms with Gasteiger partial charge < -0.3 is 4.42 Å². The molecule has 7 aromatic carbocycles. The Hall–Kier alpha value is -6.10. The van der Waals surface area contributed by atoms with Gasteiger partial charge in [-0.15, -0.1) is 0 Å². The number of nitrogens with zero attached hydrogens (tertiary/aromatic N) is 3. The summed E-state index contributed by atoms with van der Waals surface area (Å²) in [6.07, 6.45) is 0. The van der Waals surface area contributed by atoms with Crippen LogP contribution >= 0.6 is 11.6 Å². The summed E-state index contributed by atoms with van der Waals surface area (Å²) in [5.41, 5.74) is 3.00. The summed E-state index contributed by atoms with van der Waals surface area (Å²) >= 11 is 6.73. The number of rotatable bonds is 5. The molecule has 4 nitrogen and oxygen atoms in total. The van der Waals surface area contributed by atoms with Crippen LogP contribution in [0.4, 0.5) is 0 Å². The third-order valence-corrected chi connectivity index (χ3v) is 8.34. The van der Waals surface area contributed by atoms with E-state index in [2.05, 4.69) is 0 Å². The van der Waals surface area contributed by atoms with Crippen molar-refractivity contribution in [2.75, 3.05) is 0 Å². The maximum Gasteiger partial charge on any atom is 0.164 e. The van der Waals surface area contributed by atoms with Crippen LogP contribution < -0.4 is 0 Å². The maximum atomic E-state index is 9.36. The lowest BCUT2D eigenvalue weighted by Gasteiger charge is -2.14. The van der Waals surface area contributed by atoms with Crippen LogP contribution in [0.3, 0.4) is 0 Å². The number of halogens is 1. The fourth-order valence-corrected chi connectivity index (χ4v) is 6.19. The quantitative estimate of drug-likeness (QED) is 0.187. The molecule has 0 aliphatic rings. The predicted octanol–water partition coefficient (Wildman–Crippen LogP) is 11.9. The second kappa shape index (κ2) is 11.6. The van der Waals surface area contributed by atoms with Crippen LogP contribution in [0, 0.1) is 0 Å². The fraction of sp³-hybridized carbons (Fsp3) is 0. The molecule has 0 radical (unpaired) electrons. The van der Waals surface area contributed by atoms with Crippen molar-refractivity contribution in [2.24, 2.45) is 0 Å². The van der Waals surface area contributed by atoms with Gasteiger partial charge in [-0.2, -0.15) is 0 Å². The molecule has 48 heavy (non-hydrogen) atoms. The molecule has 0 aliphatic heterocycles. The molecule has 0 unspecified atom stereocenters. The second-order valence-corrected chi connectivity index (χ2v) is 11.5. The van der Waals surface area contributed by atoms with E-state index in [1.165, 1.54) is 0 Å². The first kappa shape index (κ1) is 20.2. The van der Waals surface area contributed by atoms with E-state index in [-0.39, 0.29) is 23.0 Å². The average molecular weight is 645 g/mol. The third-order valence-electron chi connectivity index (χ3n) is 8.12. The fourth-order valence-electron chi connectivity index (χ4n) is 5.98. The third kappa shape index (κ3) is 5.00. The number of fused-ring (bicyclic) bond motifs is 4. The number of benzene rings is 7. The summed E-state index contributed by atoms with van der Waals surface area (Å²) in [6, 6.07) is 26.6. The monoisotopic (exact) mass is 644 g/mol. The number of aromatic nitrogens is 3. The van der Waals surface area contributed by atoms with E-state index in [1.807, 2.05) is 84.9 Å². The molecule has 0 atom stereocenters. The van der Waals surface area contributed by atoms with Crippen LogP contribution in [-0.2, 0) is 0 Å². The zero-order valence-electron chi connectivity index (χ0n) is 33.9. The molecule has 0 saturated carbocycles. The Morgan fingerprint density at radius 3 is 2.00 bits per heavy atom. The van der Waals surface area contributed by atoms with E-state index < -0.39 is 65.5 Å². The lowest BCUT2D eigenvalue weighted by molar-refractivity contribution is 0.669. The SMILES string of the molecule is [2H]c1c([2H])c([2H])c(-c2c([2H])c([2H])c([2H])c(-c3nc(-c4ccccc4)nc(-c4cc(-c5cc(Cl)cc6oc7ccccc7c56)c5ccccc5c4)n3)c2[2H])c([2H])c1[2H]. The van der Waals surface area contributed by atoms with E-state index in [0.29, 0.717) is 27.3 Å². The van der Waals surface area contributed by atoms with Gasteiger partial charge in [0.25, 0.3) is 0 Å². The molecule has 2 aromatic heterocycles. The zero-order valence-corrected chi connectivity index (χ0v) is 25.7. The van der Waals surface area contributed by atoms with E-state index in [1.54, 1.807) is 18.2 Å². The summed E-state index contributed by atoms with van der Waals surface area (Å²) in [5, 5.41) is 4.03. The first-order valence-corrected chi connectivity index (χ1v) is 15.4. The molecular weight excluding hydrogens is 610 g/mol. The standard InChI is InChI=1S/C43H26ClN3O/c44-33-25-37(40-35-20-9-10-21-38(35)48-39(40)26-33)36-24-32(23-30-16-7-8-19-34(30)36)43-46-41(28-14-5-2-6-15-28)45-42(47-43)31-18-11-17-29(22-31)27-12-3-1-4-13-27/h1-26H/i1D,3D,4D,11D,12D,13D,17D,18D,22D. The molecule has 0 saturated heterocycles. The van der Waals surface area contributed by atoms with Gasteiger partial charge in [0.15, 0.2) is 17.5 Å². The minimum Gasteiger partial charge on any atom is -0.456 e. The summed E-state index contributed by atoms with van der Waals surface area (Å²) in [7, 11) is 0. The van der Waals surface area contributed by atoms with Crippen LogP contribution in [0.15, 0.2) is 162 Å². The largest absolute Gasteiger partial charge is 0.456 e. The van der Waals surface area contributed by atoms with Crippen LogP contribution in [0.1, 0.15) is 12.3 Å². The van der Waals surface area contributed by atoms with Crippen molar-refractivity contribution >= 4 is 44.3 Å². The van der Waals surface area contributed by atoms with E-state index in [9.17, 15) is 1.37 Å². The van der Waals surface area contributed by atoms with Crippen molar-refractivity contribution in [1.29, 1.82) is 0 Å². The average Bonchev–Trinajstić information content (AvgIpc) is 3.60. The van der Waals surface area contributed by atoms with Crippen molar-refractivity contribution in [1.82, 2.24) is 15.0 Å². The molecule has 9 aromatic rings. The van der Waals surface area contributed by atoms with Crippen molar-refractivity contribution in [2.45, 2.75) is 0 Å². The van der Waals surface area contributed by atoms with Crippen molar-refractivity contribution in [3.8, 4) is 56.4 Å². The Balaban J connectivity index is 1.35. The van der Waals surface area contributed by atoms with Gasteiger partial charge in [-0.1, -0.05) is 133 Å². The Bertz CT molecular complexity index is 3130. The van der Waals surface area contributed by atoms with E-state index >= 15 is 0 Å². The second-order valence-electron chi connectivity index (χ2n) is 11.1. The highest BCUT2D eigenvalue weighted by molar-refractivity contribution is 6.32. The smallest absolute Gasteiger partial charge is 0.164 e. The maximum absolute atomic E-state index is 9.36. The summed E-state index contributed by atoms with van der Waals surface area (Å²) < 4.78 is 84.0. The first-order chi connectivity index (χ1) is 27.4. The topological polar surface area (TPSA) is 51.8 Å². The summed E-state index contributed by atoms with van der Waals surface area (Å²) in [6.45, 7) is 0. The summed E-state index contributed by atoms with van der Waals surface area (Å²) in [4.78, 5) is 14.4. The van der Waals surface area contributed by atoms with Crippen molar-refractivity contribution in [3.63, 3.8) is 0 Å². The van der Waals surface area contributed by atoms with Gasteiger partial charge in [0.2, 0.25) is 0 Å². The van der Waals surface area contributed by atoms with Gasteiger partial charge >= 0.3 is 0 Å². The van der Waals surface area contributed by atoms with Crippen LogP contribution in [0.25, 0.3) is 89.1 Å². The van der Waals surface area contributed by atoms with Gasteiger partial charge in [-0.25, -0.2) is 15.0 Å². The minimum absolute atomic E-state index is 0.170. The summed E-state index contributed by atoms with van der Waals surface area (Å²) in [5.74, 6) is 0.198. The van der Waals surface area contributed by atoms with Gasteiger partial charge in [-0.05, 0) is 63.3 Å². The van der Waals surface area contributed by atoms with Gasteiger partial charge in [-0.3, -0.25) is 0 Å². The van der Waals surface area contributed by atoms with Gasteiger partial charge in [0.1, 0.15) is 11.2 Å². The van der Waals surface area contributed by atoms with Crippen molar-refractivity contribution < 1.29 is 16.8 Å². The molecular formula is C43H26ClN3O. The van der Waals surface area contributed by atoms with E-state index in [0.717, 1.165) is 32.7 Å². The highest BCUT2D eigenvalue weighted by Crippen LogP contribution is 2.42.